The van der Waals surface area contributed by atoms with Crippen LogP contribution in [0.25, 0.3) is 0 Å². The first-order valence-electron chi connectivity index (χ1n) is 6.27. The number of carbonyl (C=O) groups is 2. The second-order valence-corrected chi connectivity index (χ2v) is 4.80. The highest BCUT2D eigenvalue weighted by Crippen LogP contribution is 2.24. The number of nitrogens with zero attached hydrogens (tertiary/aromatic N) is 1. The Labute approximate surface area is 114 Å². The van der Waals surface area contributed by atoms with Crippen LogP contribution in [0.1, 0.15) is 23.6 Å². The van der Waals surface area contributed by atoms with Crippen LogP contribution >= 0.6 is 0 Å². The molecule has 0 aliphatic rings. The van der Waals surface area contributed by atoms with Gasteiger partial charge in [-0.15, -0.1) is 0 Å². The van der Waals surface area contributed by atoms with Crippen LogP contribution in [0.5, 0.6) is 5.75 Å². The lowest BCUT2D eigenvalue weighted by Gasteiger charge is -2.16. The van der Waals surface area contributed by atoms with Crippen molar-refractivity contribution in [2.45, 2.75) is 27.2 Å². The van der Waals surface area contributed by atoms with E-state index in [9.17, 15) is 9.59 Å². The summed E-state index contributed by atoms with van der Waals surface area (Å²) in [7, 11) is 3.31. The van der Waals surface area contributed by atoms with E-state index in [0.29, 0.717) is 6.54 Å². The van der Waals surface area contributed by atoms with Crippen LogP contribution in [0.4, 0.5) is 0 Å². The van der Waals surface area contributed by atoms with E-state index in [1.807, 2.05) is 13.8 Å². The molecule has 4 heteroatoms. The van der Waals surface area contributed by atoms with Crippen molar-refractivity contribution < 1.29 is 14.3 Å². The average molecular weight is 263 g/mol. The van der Waals surface area contributed by atoms with E-state index in [4.69, 9.17) is 4.74 Å². The van der Waals surface area contributed by atoms with Gasteiger partial charge in [-0.05, 0) is 37.0 Å². The van der Waals surface area contributed by atoms with Gasteiger partial charge in [0.05, 0.1) is 7.11 Å². The van der Waals surface area contributed by atoms with Crippen LogP contribution in [0.3, 0.4) is 0 Å². The van der Waals surface area contributed by atoms with Gasteiger partial charge in [-0.3, -0.25) is 9.59 Å². The van der Waals surface area contributed by atoms with Crippen molar-refractivity contribution in [3.63, 3.8) is 0 Å². The minimum absolute atomic E-state index is 0.426. The first kappa shape index (κ1) is 15.2. The third-order valence-corrected chi connectivity index (χ3v) is 3.11. The van der Waals surface area contributed by atoms with Crippen molar-refractivity contribution >= 4 is 11.7 Å². The Hall–Kier alpha value is -1.84. The molecule has 0 bridgehead atoms. The molecule has 1 aromatic carbocycles. The van der Waals surface area contributed by atoms with E-state index in [0.717, 1.165) is 28.9 Å². The highest BCUT2D eigenvalue weighted by atomic mass is 16.5. The summed E-state index contributed by atoms with van der Waals surface area (Å²) < 4.78 is 5.32. The maximum Gasteiger partial charge on any atom is 0.289 e. The largest absolute Gasteiger partial charge is 0.496 e. The number of hydrogen-bond acceptors (Lipinski definition) is 3. The minimum atomic E-state index is -0.443. The topological polar surface area (TPSA) is 46.6 Å². The molecule has 0 unspecified atom stereocenters. The number of ether oxygens (including phenoxy) is 1. The van der Waals surface area contributed by atoms with Gasteiger partial charge < -0.3 is 9.64 Å². The molecule has 1 amide bonds. The Kier molecular flexibility index (Phi) is 5.10. The van der Waals surface area contributed by atoms with Gasteiger partial charge in [0.15, 0.2) is 0 Å². The Balaban J connectivity index is 2.74. The van der Waals surface area contributed by atoms with Gasteiger partial charge in [0.2, 0.25) is 5.78 Å². The van der Waals surface area contributed by atoms with E-state index in [1.54, 1.807) is 14.2 Å². The van der Waals surface area contributed by atoms with Gasteiger partial charge in [0, 0.05) is 20.5 Å². The lowest BCUT2D eigenvalue weighted by Crippen LogP contribution is -2.33. The monoisotopic (exact) mass is 263 g/mol. The molecule has 4 nitrogen and oxygen atoms in total. The lowest BCUT2D eigenvalue weighted by molar-refractivity contribution is -0.142. The van der Waals surface area contributed by atoms with E-state index in [2.05, 4.69) is 12.1 Å². The SMILES string of the molecule is COc1c(C)cc(CCN(C)C(=O)C(C)=O)cc1C. The zero-order valence-corrected chi connectivity index (χ0v) is 12.2. The summed E-state index contributed by atoms with van der Waals surface area (Å²) >= 11 is 0. The van der Waals surface area contributed by atoms with Gasteiger partial charge >= 0.3 is 0 Å². The number of carbonyl (C=O) groups excluding carboxylic acids is 2. The molecule has 0 N–H and O–H groups in total. The molecule has 0 heterocycles. The molecule has 0 aliphatic carbocycles. The van der Waals surface area contributed by atoms with Gasteiger partial charge in [-0.2, -0.15) is 0 Å². The van der Waals surface area contributed by atoms with Crippen molar-refractivity contribution in [2.75, 3.05) is 20.7 Å². The number of ketones is 1. The average Bonchev–Trinajstić information content (AvgIpc) is 2.34. The second kappa shape index (κ2) is 6.36. The molecule has 0 saturated heterocycles. The molecule has 1 aromatic rings. The molecule has 1 rings (SSSR count). The molecule has 19 heavy (non-hydrogen) atoms. The van der Waals surface area contributed by atoms with E-state index >= 15 is 0 Å². The molecule has 0 aromatic heterocycles. The first-order chi connectivity index (χ1) is 8.86. The molecule has 0 saturated carbocycles. The normalized spacial score (nSPS) is 10.2. The van der Waals surface area contributed by atoms with E-state index in [-0.39, 0.29) is 0 Å². The molecule has 0 fully saturated rings. The summed E-state index contributed by atoms with van der Waals surface area (Å²) in [5, 5.41) is 0. The van der Waals surface area contributed by atoms with E-state index < -0.39 is 11.7 Å². The highest BCUT2D eigenvalue weighted by molar-refractivity contribution is 6.34. The molecule has 0 spiro atoms. The number of aryl methyl sites for hydroxylation is 2. The number of amides is 1. The van der Waals surface area contributed by atoms with E-state index in [1.165, 1.54) is 11.8 Å². The number of hydrogen-bond donors (Lipinski definition) is 0. The molecular formula is C15H21NO3. The number of methoxy groups -OCH3 is 1. The molecular weight excluding hydrogens is 242 g/mol. The van der Waals surface area contributed by atoms with Crippen LogP contribution in [0.15, 0.2) is 12.1 Å². The number of likely N-dealkylation sites (N-methyl/N-ethyl adjacent to an activating group) is 1. The number of rotatable bonds is 5. The predicted octanol–water partition coefficient (Wildman–Crippen LogP) is 1.90. The Morgan fingerprint density at radius 1 is 1.21 bits per heavy atom. The van der Waals surface area contributed by atoms with Gasteiger partial charge in [0.1, 0.15) is 5.75 Å². The van der Waals surface area contributed by atoms with Gasteiger partial charge in [0.25, 0.3) is 5.91 Å². The summed E-state index contributed by atoms with van der Waals surface area (Å²) in [6.45, 7) is 5.82. The number of benzene rings is 1. The van der Waals surface area contributed by atoms with Gasteiger partial charge in [-0.1, -0.05) is 12.1 Å². The first-order valence-corrected chi connectivity index (χ1v) is 6.27. The molecule has 104 valence electrons. The fourth-order valence-corrected chi connectivity index (χ4v) is 2.17. The van der Waals surface area contributed by atoms with Crippen molar-refractivity contribution in [3.05, 3.63) is 28.8 Å². The summed E-state index contributed by atoms with van der Waals surface area (Å²) in [4.78, 5) is 23.9. The highest BCUT2D eigenvalue weighted by Gasteiger charge is 2.13. The van der Waals surface area contributed by atoms with Gasteiger partial charge in [-0.25, -0.2) is 0 Å². The minimum Gasteiger partial charge on any atom is -0.496 e. The summed E-state index contributed by atoms with van der Waals surface area (Å²) in [6, 6.07) is 4.11. The second-order valence-electron chi connectivity index (χ2n) is 4.80. The molecule has 0 aliphatic heterocycles. The fourth-order valence-electron chi connectivity index (χ4n) is 2.17. The molecule has 0 radical (unpaired) electrons. The maximum absolute atomic E-state index is 11.5. The van der Waals surface area contributed by atoms with Crippen LogP contribution < -0.4 is 4.74 Å². The number of Topliss-reactive ketones (excluding diaryl/α,β-unsaturated/α-hetero) is 1. The Bertz CT molecular complexity index is 471. The van der Waals surface area contributed by atoms with Crippen molar-refractivity contribution in [1.82, 2.24) is 4.90 Å². The molecule has 0 atom stereocenters. The van der Waals surface area contributed by atoms with Crippen molar-refractivity contribution in [3.8, 4) is 5.75 Å². The fraction of sp³-hybridized carbons (Fsp3) is 0.467. The maximum atomic E-state index is 11.5. The third-order valence-electron chi connectivity index (χ3n) is 3.11. The van der Waals surface area contributed by atoms with Crippen molar-refractivity contribution in [1.29, 1.82) is 0 Å². The standard InChI is InChI=1S/C15H21NO3/c1-10-8-13(9-11(2)14(10)19-5)6-7-16(4)15(18)12(3)17/h8-9H,6-7H2,1-5H3. The Morgan fingerprint density at radius 2 is 1.74 bits per heavy atom. The van der Waals surface area contributed by atoms with Crippen LogP contribution in [0.2, 0.25) is 0 Å². The predicted molar refractivity (Wildman–Crippen MR) is 74.5 cm³/mol. The van der Waals surface area contributed by atoms with Crippen LogP contribution in [-0.2, 0) is 16.0 Å². The smallest absolute Gasteiger partial charge is 0.289 e. The Morgan fingerprint density at radius 3 is 2.16 bits per heavy atom. The summed E-state index contributed by atoms with van der Waals surface area (Å²) in [5.41, 5.74) is 3.30. The van der Waals surface area contributed by atoms with Crippen molar-refractivity contribution in [2.24, 2.45) is 0 Å². The quantitative estimate of drug-likeness (QED) is 0.762. The van der Waals surface area contributed by atoms with Crippen LogP contribution in [-0.4, -0.2) is 37.3 Å². The third kappa shape index (κ3) is 3.81. The summed E-state index contributed by atoms with van der Waals surface area (Å²) in [6.07, 6.45) is 0.723. The lowest BCUT2D eigenvalue weighted by atomic mass is 10.0. The zero-order valence-electron chi connectivity index (χ0n) is 12.2. The zero-order chi connectivity index (χ0) is 14.6. The summed E-state index contributed by atoms with van der Waals surface area (Å²) in [5.74, 6) is 0.0310. The van der Waals surface area contributed by atoms with Crippen LogP contribution in [0, 0.1) is 13.8 Å².